The summed E-state index contributed by atoms with van der Waals surface area (Å²) in [6.07, 6.45) is 3.51. The highest BCUT2D eigenvalue weighted by Gasteiger charge is 2.34. The molecule has 5 nitrogen and oxygen atoms in total. The number of carbonyl (C=O) groups is 1. The highest BCUT2D eigenvalue weighted by molar-refractivity contribution is 5.68. The normalized spacial score (nSPS) is 19.4. The summed E-state index contributed by atoms with van der Waals surface area (Å²) in [7, 11) is 0. The third-order valence-corrected chi connectivity index (χ3v) is 3.63. The van der Waals surface area contributed by atoms with E-state index in [2.05, 4.69) is 5.32 Å². The highest BCUT2D eigenvalue weighted by Crippen LogP contribution is 2.36. The van der Waals surface area contributed by atoms with Crippen molar-refractivity contribution >= 4 is 6.09 Å². The molecule has 19 heavy (non-hydrogen) atoms. The van der Waals surface area contributed by atoms with Crippen molar-refractivity contribution in [2.75, 3.05) is 13.2 Å². The lowest BCUT2D eigenvalue weighted by Gasteiger charge is -2.38. The first-order valence-corrected chi connectivity index (χ1v) is 7.08. The molecule has 5 heteroatoms. The Labute approximate surface area is 115 Å². The zero-order chi connectivity index (χ0) is 14.5. The van der Waals surface area contributed by atoms with E-state index >= 15 is 0 Å². The number of rotatable bonds is 6. The topological polar surface area (TPSA) is 78.8 Å². The van der Waals surface area contributed by atoms with Crippen molar-refractivity contribution in [3.63, 3.8) is 0 Å². The SMILES string of the molecule is CC(C)(C)OC(=O)N[C@@H](CO)[C@@H](CCO)C1CCC1. The molecule has 1 aliphatic rings. The number of amides is 1. The molecular weight excluding hydrogens is 246 g/mol. The third-order valence-electron chi connectivity index (χ3n) is 3.63. The first-order chi connectivity index (χ1) is 8.87. The molecule has 112 valence electrons. The predicted molar refractivity (Wildman–Crippen MR) is 72.8 cm³/mol. The number of hydrogen-bond donors (Lipinski definition) is 3. The van der Waals surface area contributed by atoms with Crippen LogP contribution in [-0.4, -0.2) is 41.2 Å². The molecule has 2 atom stereocenters. The van der Waals surface area contributed by atoms with Crippen molar-refractivity contribution in [2.24, 2.45) is 11.8 Å². The van der Waals surface area contributed by atoms with Crippen molar-refractivity contribution in [1.82, 2.24) is 5.32 Å². The quantitative estimate of drug-likeness (QED) is 0.688. The van der Waals surface area contributed by atoms with Crippen LogP contribution in [0.2, 0.25) is 0 Å². The Morgan fingerprint density at radius 2 is 2.00 bits per heavy atom. The molecule has 0 heterocycles. The number of alkyl carbamates (subject to hydrolysis) is 1. The molecule has 1 aliphatic carbocycles. The van der Waals surface area contributed by atoms with Gasteiger partial charge in [0.15, 0.2) is 0 Å². The fourth-order valence-electron chi connectivity index (χ4n) is 2.53. The van der Waals surface area contributed by atoms with Crippen molar-refractivity contribution in [3.05, 3.63) is 0 Å². The summed E-state index contributed by atoms with van der Waals surface area (Å²) in [4.78, 5) is 11.8. The lowest BCUT2D eigenvalue weighted by molar-refractivity contribution is 0.0371. The Hall–Kier alpha value is -0.810. The van der Waals surface area contributed by atoms with Gasteiger partial charge in [-0.25, -0.2) is 4.79 Å². The largest absolute Gasteiger partial charge is 0.444 e. The Bertz CT molecular complexity index is 284. The van der Waals surface area contributed by atoms with Gasteiger partial charge in [-0.2, -0.15) is 0 Å². The van der Waals surface area contributed by atoms with Crippen LogP contribution in [-0.2, 0) is 4.74 Å². The van der Waals surface area contributed by atoms with E-state index in [9.17, 15) is 9.90 Å². The number of ether oxygens (including phenoxy) is 1. The van der Waals surface area contributed by atoms with Gasteiger partial charge in [0, 0.05) is 6.61 Å². The van der Waals surface area contributed by atoms with Gasteiger partial charge >= 0.3 is 6.09 Å². The van der Waals surface area contributed by atoms with Crippen molar-refractivity contribution in [2.45, 2.75) is 58.1 Å². The molecule has 1 saturated carbocycles. The first-order valence-electron chi connectivity index (χ1n) is 7.08. The minimum Gasteiger partial charge on any atom is -0.444 e. The summed E-state index contributed by atoms with van der Waals surface area (Å²) in [6.45, 7) is 5.36. The smallest absolute Gasteiger partial charge is 0.407 e. The van der Waals surface area contributed by atoms with E-state index in [0.717, 1.165) is 12.8 Å². The molecule has 0 aromatic heterocycles. The second kappa shape index (κ2) is 7.10. The first kappa shape index (κ1) is 16.2. The molecule has 3 N–H and O–H groups in total. The Morgan fingerprint density at radius 1 is 1.37 bits per heavy atom. The monoisotopic (exact) mass is 273 g/mol. The van der Waals surface area contributed by atoms with E-state index < -0.39 is 11.7 Å². The second-order valence-electron chi connectivity index (χ2n) is 6.30. The van der Waals surface area contributed by atoms with Gasteiger partial charge in [-0.05, 0) is 39.0 Å². The summed E-state index contributed by atoms with van der Waals surface area (Å²) in [5.41, 5.74) is -0.549. The van der Waals surface area contributed by atoms with Crippen LogP contribution in [0.3, 0.4) is 0 Å². The summed E-state index contributed by atoms with van der Waals surface area (Å²) in [6, 6.07) is -0.340. The van der Waals surface area contributed by atoms with Gasteiger partial charge in [0.1, 0.15) is 5.60 Å². The van der Waals surface area contributed by atoms with Crippen LogP contribution in [0.1, 0.15) is 46.5 Å². The third kappa shape index (κ3) is 5.37. The predicted octanol–water partition coefficient (Wildman–Crippen LogP) is 1.67. The van der Waals surface area contributed by atoms with Gasteiger partial charge in [-0.15, -0.1) is 0 Å². The molecule has 1 rings (SSSR count). The number of hydrogen-bond acceptors (Lipinski definition) is 4. The van der Waals surface area contributed by atoms with Crippen LogP contribution in [0.5, 0.6) is 0 Å². The minimum absolute atomic E-state index is 0.0770. The number of aliphatic hydroxyl groups is 2. The summed E-state index contributed by atoms with van der Waals surface area (Å²) in [5, 5.41) is 21.4. The van der Waals surface area contributed by atoms with E-state index in [1.54, 1.807) is 20.8 Å². The molecule has 0 aromatic rings. The van der Waals surface area contributed by atoms with E-state index in [0.29, 0.717) is 12.3 Å². The van der Waals surface area contributed by atoms with Crippen LogP contribution in [0, 0.1) is 11.8 Å². The van der Waals surface area contributed by atoms with Crippen LogP contribution in [0.4, 0.5) is 4.79 Å². The van der Waals surface area contributed by atoms with Crippen molar-refractivity contribution < 1.29 is 19.7 Å². The zero-order valence-corrected chi connectivity index (χ0v) is 12.2. The fourth-order valence-corrected chi connectivity index (χ4v) is 2.53. The Kier molecular flexibility index (Phi) is 6.07. The summed E-state index contributed by atoms with van der Waals surface area (Å²) >= 11 is 0. The Balaban J connectivity index is 2.56. The van der Waals surface area contributed by atoms with E-state index in [1.807, 2.05) is 0 Å². The van der Waals surface area contributed by atoms with Crippen molar-refractivity contribution in [1.29, 1.82) is 0 Å². The number of aliphatic hydroxyl groups excluding tert-OH is 2. The zero-order valence-electron chi connectivity index (χ0n) is 12.2. The molecule has 0 aromatic carbocycles. The summed E-state index contributed by atoms with van der Waals surface area (Å²) in [5.74, 6) is 0.607. The van der Waals surface area contributed by atoms with Gasteiger partial charge in [-0.3, -0.25) is 0 Å². The Morgan fingerprint density at radius 3 is 2.37 bits per heavy atom. The average molecular weight is 273 g/mol. The highest BCUT2D eigenvalue weighted by atomic mass is 16.6. The number of carbonyl (C=O) groups excluding carboxylic acids is 1. The molecule has 1 fully saturated rings. The second-order valence-corrected chi connectivity index (χ2v) is 6.30. The maximum atomic E-state index is 11.8. The van der Waals surface area contributed by atoms with E-state index in [-0.39, 0.29) is 25.2 Å². The standard InChI is InChI=1S/C14H27NO4/c1-14(2,3)19-13(18)15-12(9-17)11(7-8-16)10-5-4-6-10/h10-12,16-17H,4-9H2,1-3H3,(H,15,18)/t11-,12-/m0/s1. The van der Waals surface area contributed by atoms with E-state index in [4.69, 9.17) is 9.84 Å². The van der Waals surface area contributed by atoms with Crippen LogP contribution in [0.15, 0.2) is 0 Å². The van der Waals surface area contributed by atoms with Crippen LogP contribution >= 0.6 is 0 Å². The van der Waals surface area contributed by atoms with Crippen LogP contribution < -0.4 is 5.32 Å². The average Bonchev–Trinajstić information content (AvgIpc) is 2.20. The maximum absolute atomic E-state index is 11.8. The lowest BCUT2D eigenvalue weighted by atomic mass is 9.71. The molecule has 1 amide bonds. The molecule has 0 radical (unpaired) electrons. The van der Waals surface area contributed by atoms with Crippen LogP contribution in [0.25, 0.3) is 0 Å². The molecule has 0 spiro atoms. The van der Waals surface area contributed by atoms with Gasteiger partial charge in [-0.1, -0.05) is 19.3 Å². The molecule has 0 aliphatic heterocycles. The fraction of sp³-hybridized carbons (Fsp3) is 0.929. The molecular formula is C14H27NO4. The summed E-state index contributed by atoms with van der Waals surface area (Å²) < 4.78 is 5.21. The van der Waals surface area contributed by atoms with Gasteiger partial charge in [0.25, 0.3) is 0 Å². The van der Waals surface area contributed by atoms with Gasteiger partial charge < -0.3 is 20.3 Å². The minimum atomic E-state index is -0.549. The molecule has 0 bridgehead atoms. The van der Waals surface area contributed by atoms with Gasteiger partial charge in [0.05, 0.1) is 12.6 Å². The maximum Gasteiger partial charge on any atom is 0.407 e. The van der Waals surface area contributed by atoms with Gasteiger partial charge in [0.2, 0.25) is 0 Å². The van der Waals surface area contributed by atoms with E-state index in [1.165, 1.54) is 6.42 Å². The molecule has 0 saturated heterocycles. The number of nitrogens with one attached hydrogen (secondary N) is 1. The lowest BCUT2D eigenvalue weighted by Crippen LogP contribution is -2.48. The van der Waals surface area contributed by atoms with Crippen molar-refractivity contribution in [3.8, 4) is 0 Å². The molecule has 0 unspecified atom stereocenters.